The molecule has 152 valence electrons. The van der Waals surface area contributed by atoms with Crippen LogP contribution in [0.15, 0.2) is 71.6 Å². The van der Waals surface area contributed by atoms with Gasteiger partial charge >= 0.3 is 0 Å². The second kappa shape index (κ2) is 9.61. The Morgan fingerprint density at radius 2 is 1.66 bits per heavy atom. The Labute approximate surface area is 180 Å². The van der Waals surface area contributed by atoms with Gasteiger partial charge in [-0.1, -0.05) is 41.4 Å². The first kappa shape index (κ1) is 21.6. The number of benzene rings is 3. The first-order valence-corrected chi connectivity index (χ1v) is 11.4. The van der Waals surface area contributed by atoms with Crippen molar-refractivity contribution in [3.8, 4) is 5.75 Å². The fourth-order valence-electron chi connectivity index (χ4n) is 2.84. The highest BCUT2D eigenvalue weighted by atomic mass is 35.5. The molecule has 0 saturated heterocycles. The summed E-state index contributed by atoms with van der Waals surface area (Å²) in [7, 11) is -3.36. The summed E-state index contributed by atoms with van der Waals surface area (Å²) in [4.78, 5) is 0.265. The number of ether oxygens (including phenoxy) is 1. The van der Waals surface area contributed by atoms with Crippen LogP contribution in [0.25, 0.3) is 0 Å². The lowest BCUT2D eigenvalue weighted by Gasteiger charge is -2.10. The van der Waals surface area contributed by atoms with Gasteiger partial charge in [-0.3, -0.25) is 0 Å². The molecule has 3 aromatic carbocycles. The van der Waals surface area contributed by atoms with Crippen molar-refractivity contribution < 1.29 is 17.5 Å². The highest BCUT2D eigenvalue weighted by Crippen LogP contribution is 2.23. The lowest BCUT2D eigenvalue weighted by atomic mass is 10.1. The molecule has 0 bridgehead atoms. The maximum absolute atomic E-state index is 13.8. The minimum Gasteiger partial charge on any atom is -0.489 e. The molecule has 0 N–H and O–H groups in total. The minimum atomic E-state index is -3.36. The first-order chi connectivity index (χ1) is 13.8. The molecule has 0 aliphatic carbocycles. The summed E-state index contributed by atoms with van der Waals surface area (Å²) in [5, 5.41) is 0.811. The number of aryl methyl sites for hydroxylation is 1. The SMILES string of the molecule is O=S(=O)(CCCc1cccc(OCc2c(F)cccc2Cl)c1)c1ccc(Cl)cc1. The Kier molecular flexibility index (Phi) is 7.17. The van der Waals surface area contributed by atoms with Crippen LogP contribution in [0.5, 0.6) is 5.75 Å². The minimum absolute atomic E-state index is 0.0138. The van der Waals surface area contributed by atoms with Crippen LogP contribution >= 0.6 is 23.2 Å². The van der Waals surface area contributed by atoms with Crippen molar-refractivity contribution in [3.05, 3.63) is 93.7 Å². The molecular formula is C22H19Cl2FO3S. The fraction of sp³-hybridized carbons (Fsp3) is 0.182. The van der Waals surface area contributed by atoms with E-state index in [1.807, 2.05) is 18.2 Å². The van der Waals surface area contributed by atoms with Gasteiger partial charge in [0, 0.05) is 10.6 Å². The average Bonchev–Trinajstić information content (AvgIpc) is 2.68. The maximum atomic E-state index is 13.8. The normalized spacial score (nSPS) is 11.4. The van der Waals surface area contributed by atoms with Gasteiger partial charge in [-0.2, -0.15) is 0 Å². The van der Waals surface area contributed by atoms with Crippen LogP contribution in [0.3, 0.4) is 0 Å². The van der Waals surface area contributed by atoms with Crippen molar-refractivity contribution in [1.29, 1.82) is 0 Å². The van der Waals surface area contributed by atoms with Crippen molar-refractivity contribution >= 4 is 33.0 Å². The molecule has 0 spiro atoms. The molecule has 0 aliphatic rings. The molecule has 0 aromatic heterocycles. The molecule has 0 unspecified atom stereocenters. The van der Waals surface area contributed by atoms with Gasteiger partial charge in [0.25, 0.3) is 0 Å². The van der Waals surface area contributed by atoms with Crippen molar-refractivity contribution in [3.63, 3.8) is 0 Å². The zero-order valence-electron chi connectivity index (χ0n) is 15.4. The number of hydrogen-bond acceptors (Lipinski definition) is 3. The van der Waals surface area contributed by atoms with Crippen LogP contribution in [0.1, 0.15) is 17.5 Å². The van der Waals surface area contributed by atoms with Crippen LogP contribution in [0.4, 0.5) is 4.39 Å². The molecule has 0 fully saturated rings. The number of sulfone groups is 1. The molecule has 3 rings (SSSR count). The fourth-order valence-corrected chi connectivity index (χ4v) is 4.50. The van der Waals surface area contributed by atoms with Crippen LogP contribution in [-0.4, -0.2) is 14.2 Å². The molecule has 3 nitrogen and oxygen atoms in total. The summed E-state index contributed by atoms with van der Waals surface area (Å²) in [5.41, 5.74) is 1.24. The first-order valence-electron chi connectivity index (χ1n) is 8.98. The van der Waals surface area contributed by atoms with Gasteiger partial charge < -0.3 is 4.74 Å². The third-order valence-electron chi connectivity index (χ3n) is 4.39. The summed E-state index contributed by atoms with van der Waals surface area (Å²) in [5.74, 6) is 0.188. The van der Waals surface area contributed by atoms with Gasteiger partial charge in [0.1, 0.15) is 18.2 Å². The number of hydrogen-bond donors (Lipinski definition) is 0. The van der Waals surface area contributed by atoms with E-state index in [0.717, 1.165) is 5.56 Å². The van der Waals surface area contributed by atoms with Crippen LogP contribution in [0, 0.1) is 5.82 Å². The molecule has 0 radical (unpaired) electrons. The van der Waals surface area contributed by atoms with Gasteiger partial charge in [-0.05, 0) is 66.9 Å². The van der Waals surface area contributed by atoms with E-state index in [4.69, 9.17) is 27.9 Å². The average molecular weight is 453 g/mol. The van der Waals surface area contributed by atoms with Crippen molar-refractivity contribution in [2.75, 3.05) is 5.75 Å². The summed E-state index contributed by atoms with van der Waals surface area (Å²) >= 11 is 11.8. The van der Waals surface area contributed by atoms with Gasteiger partial charge in [0.15, 0.2) is 9.84 Å². The van der Waals surface area contributed by atoms with E-state index in [1.165, 1.54) is 18.2 Å². The van der Waals surface area contributed by atoms with Crippen LogP contribution in [-0.2, 0) is 22.9 Å². The summed E-state index contributed by atoms with van der Waals surface area (Å²) in [6.45, 7) is 0.0138. The Balaban J connectivity index is 1.58. The lowest BCUT2D eigenvalue weighted by molar-refractivity contribution is 0.299. The monoisotopic (exact) mass is 452 g/mol. The smallest absolute Gasteiger partial charge is 0.178 e. The molecule has 0 amide bonds. The van der Waals surface area contributed by atoms with E-state index in [9.17, 15) is 12.8 Å². The highest BCUT2D eigenvalue weighted by Gasteiger charge is 2.14. The molecule has 0 heterocycles. The molecule has 0 saturated carbocycles. The summed E-state index contributed by atoms with van der Waals surface area (Å²) in [6.07, 6.45) is 1.04. The topological polar surface area (TPSA) is 43.4 Å². The van der Waals surface area contributed by atoms with Crippen LogP contribution < -0.4 is 4.74 Å². The van der Waals surface area contributed by atoms with Crippen molar-refractivity contribution in [2.24, 2.45) is 0 Å². The molecular weight excluding hydrogens is 434 g/mol. The summed E-state index contributed by atoms with van der Waals surface area (Å²) < 4.78 is 44.3. The summed E-state index contributed by atoms with van der Waals surface area (Å²) in [6, 6.07) is 18.0. The van der Waals surface area contributed by atoms with E-state index in [2.05, 4.69) is 0 Å². The number of halogens is 3. The van der Waals surface area contributed by atoms with Gasteiger partial charge in [0.05, 0.1) is 15.7 Å². The quantitative estimate of drug-likeness (QED) is 0.413. The number of rotatable bonds is 8. The van der Waals surface area contributed by atoms with E-state index in [0.29, 0.717) is 34.2 Å². The van der Waals surface area contributed by atoms with Crippen LogP contribution in [0.2, 0.25) is 10.0 Å². The van der Waals surface area contributed by atoms with E-state index < -0.39 is 15.7 Å². The zero-order chi connectivity index (χ0) is 20.9. The van der Waals surface area contributed by atoms with Crippen molar-refractivity contribution in [2.45, 2.75) is 24.3 Å². The molecule has 0 aliphatic heterocycles. The largest absolute Gasteiger partial charge is 0.489 e. The molecule has 7 heteroatoms. The lowest BCUT2D eigenvalue weighted by Crippen LogP contribution is -2.07. The van der Waals surface area contributed by atoms with Gasteiger partial charge in [-0.25, -0.2) is 12.8 Å². The Morgan fingerprint density at radius 3 is 2.38 bits per heavy atom. The third-order valence-corrected chi connectivity index (χ3v) is 6.82. The third kappa shape index (κ3) is 5.95. The van der Waals surface area contributed by atoms with Gasteiger partial charge in [-0.15, -0.1) is 0 Å². The molecule has 29 heavy (non-hydrogen) atoms. The predicted molar refractivity (Wildman–Crippen MR) is 114 cm³/mol. The Morgan fingerprint density at radius 1 is 0.931 bits per heavy atom. The molecule has 3 aromatic rings. The van der Waals surface area contributed by atoms with E-state index in [-0.39, 0.29) is 17.3 Å². The second-order valence-electron chi connectivity index (χ2n) is 6.51. The highest BCUT2D eigenvalue weighted by molar-refractivity contribution is 7.91. The predicted octanol–water partition coefficient (Wildman–Crippen LogP) is 6.12. The van der Waals surface area contributed by atoms with Crippen molar-refractivity contribution in [1.82, 2.24) is 0 Å². The zero-order valence-corrected chi connectivity index (χ0v) is 17.8. The maximum Gasteiger partial charge on any atom is 0.178 e. The molecule has 0 atom stereocenters. The Bertz CT molecular complexity index is 1060. The second-order valence-corrected chi connectivity index (χ2v) is 9.47. The van der Waals surface area contributed by atoms with E-state index in [1.54, 1.807) is 30.3 Å². The van der Waals surface area contributed by atoms with E-state index >= 15 is 0 Å². The van der Waals surface area contributed by atoms with Gasteiger partial charge in [0.2, 0.25) is 0 Å². The Hall–Kier alpha value is -2.08. The standard InChI is InChI=1S/C22H19Cl2FO3S/c23-17-9-11-19(12-10-17)29(26,27)13-3-5-16-4-1-6-18(14-16)28-15-20-21(24)7-2-8-22(20)25/h1-2,4,6-12,14H,3,5,13,15H2.